The molecule has 1 N–H and O–H groups in total. The van der Waals surface area contributed by atoms with Crippen molar-refractivity contribution in [3.63, 3.8) is 0 Å². The van der Waals surface area contributed by atoms with Gasteiger partial charge in [0, 0.05) is 20.7 Å². The van der Waals surface area contributed by atoms with Crippen LogP contribution in [0.5, 0.6) is 0 Å². The van der Waals surface area contributed by atoms with Gasteiger partial charge in [-0.25, -0.2) is 4.39 Å². The molecule has 5 heteroatoms. The van der Waals surface area contributed by atoms with Gasteiger partial charge in [0.2, 0.25) is 0 Å². The van der Waals surface area contributed by atoms with Crippen molar-refractivity contribution >= 4 is 33.5 Å². The molecule has 120 valence electrons. The Morgan fingerprint density at radius 1 is 1.27 bits per heavy atom. The lowest BCUT2D eigenvalue weighted by molar-refractivity contribution is 0.195. The van der Waals surface area contributed by atoms with E-state index in [1.807, 2.05) is 54.9 Å². The summed E-state index contributed by atoms with van der Waals surface area (Å²) >= 11 is 1.90. The fourth-order valence-electron chi connectivity index (χ4n) is 2.67. The zero-order chi connectivity index (χ0) is 16.6. The third kappa shape index (κ3) is 3.06. The Hall–Kier alpha value is -0.950. The Bertz CT molecular complexity index is 752. The van der Waals surface area contributed by atoms with Gasteiger partial charge >= 0.3 is 0 Å². The van der Waals surface area contributed by atoms with Crippen LogP contribution in [-0.4, -0.2) is 16.3 Å². The van der Waals surface area contributed by atoms with Crippen LogP contribution in [0.3, 0.4) is 0 Å². The molecule has 0 saturated heterocycles. The monoisotopic (exact) mass is 417 g/mol. The number of hydrogen-bond donors (Lipinski definition) is 1. The minimum atomic E-state index is -0.348. The molecule has 2 rings (SSSR count). The van der Waals surface area contributed by atoms with E-state index in [2.05, 4.69) is 0 Å². The highest BCUT2D eigenvalue weighted by atomic mass is 127. The maximum atomic E-state index is 14.0. The molecule has 2 aromatic rings. The van der Waals surface area contributed by atoms with Gasteiger partial charge in [-0.15, -0.1) is 0 Å². The minimum Gasteiger partial charge on any atom is -0.394 e. The Kier molecular flexibility index (Phi) is 5.27. The lowest BCUT2D eigenvalue weighted by atomic mass is 9.99. The van der Waals surface area contributed by atoms with Crippen molar-refractivity contribution in [3.05, 3.63) is 43.5 Å². The second kappa shape index (κ2) is 6.66. The predicted molar refractivity (Wildman–Crippen MR) is 95.9 cm³/mol. The number of pyridine rings is 1. The van der Waals surface area contributed by atoms with Crippen LogP contribution in [0.4, 0.5) is 4.39 Å². The van der Waals surface area contributed by atoms with Crippen LogP contribution in [0.25, 0.3) is 10.9 Å². The first kappa shape index (κ1) is 17.4. The average Bonchev–Trinajstić information content (AvgIpc) is 2.43. The zero-order valence-corrected chi connectivity index (χ0v) is 15.4. The molecule has 0 radical (unpaired) electrons. The molecule has 0 bridgehead atoms. The van der Waals surface area contributed by atoms with Gasteiger partial charge in [-0.05, 0) is 46.6 Å². The van der Waals surface area contributed by atoms with Crippen LogP contribution in [-0.2, 0) is 0 Å². The van der Waals surface area contributed by atoms with E-state index < -0.39 is 0 Å². The Morgan fingerprint density at radius 3 is 2.41 bits per heavy atom. The van der Waals surface area contributed by atoms with Crippen molar-refractivity contribution in [1.29, 1.82) is 0 Å². The Balaban J connectivity index is 2.92. The van der Waals surface area contributed by atoms with Crippen molar-refractivity contribution < 1.29 is 9.50 Å². The predicted octanol–water partition coefficient (Wildman–Crippen LogP) is 4.06. The molecular formula is C17H21FINO2. The normalized spacial score (nSPS) is 13.3. The number of fused-ring (bicyclic) bond motifs is 1. The summed E-state index contributed by atoms with van der Waals surface area (Å²) in [6, 6.07) is 2.80. The van der Waals surface area contributed by atoms with Gasteiger partial charge in [-0.3, -0.25) is 4.79 Å². The van der Waals surface area contributed by atoms with Crippen LogP contribution < -0.4 is 5.43 Å². The molecule has 0 aliphatic heterocycles. The second-order valence-corrected chi connectivity index (χ2v) is 7.42. The maximum absolute atomic E-state index is 14.0. The molecule has 1 aromatic heterocycles. The molecule has 0 saturated carbocycles. The van der Waals surface area contributed by atoms with Gasteiger partial charge in [0.15, 0.2) is 5.43 Å². The van der Waals surface area contributed by atoms with Crippen LogP contribution in [0.1, 0.15) is 45.2 Å². The summed E-state index contributed by atoms with van der Waals surface area (Å²) < 4.78 is 16.3. The Labute approximate surface area is 143 Å². The van der Waals surface area contributed by atoms with Gasteiger partial charge < -0.3 is 9.67 Å². The van der Waals surface area contributed by atoms with Crippen LogP contribution in [0.15, 0.2) is 23.1 Å². The molecule has 1 heterocycles. The summed E-state index contributed by atoms with van der Waals surface area (Å²) in [4.78, 5) is 12.7. The smallest absolute Gasteiger partial charge is 0.192 e. The van der Waals surface area contributed by atoms with Crippen LogP contribution in [0, 0.1) is 15.3 Å². The SMILES string of the molecule is CC(C)c1cn(C(CO)C(C)C)c2cc(F)c(I)cc2c1=O. The number of aliphatic hydroxyl groups excluding tert-OH is 1. The van der Waals surface area contributed by atoms with E-state index in [4.69, 9.17) is 0 Å². The van der Waals surface area contributed by atoms with Crippen molar-refractivity contribution in [2.75, 3.05) is 6.61 Å². The number of nitrogens with zero attached hydrogens (tertiary/aromatic N) is 1. The fourth-order valence-corrected chi connectivity index (χ4v) is 3.14. The largest absolute Gasteiger partial charge is 0.394 e. The van der Waals surface area contributed by atoms with E-state index >= 15 is 0 Å². The zero-order valence-electron chi connectivity index (χ0n) is 13.2. The molecule has 0 fully saturated rings. The van der Waals surface area contributed by atoms with Gasteiger partial charge in [0.05, 0.1) is 18.2 Å². The summed E-state index contributed by atoms with van der Waals surface area (Å²) in [5, 5.41) is 10.2. The molecule has 1 atom stereocenters. The van der Waals surface area contributed by atoms with E-state index in [-0.39, 0.29) is 35.7 Å². The van der Waals surface area contributed by atoms with Gasteiger partial charge in [0.1, 0.15) is 5.82 Å². The first-order valence-corrected chi connectivity index (χ1v) is 8.50. The third-order valence-corrected chi connectivity index (χ3v) is 4.86. The lowest BCUT2D eigenvalue weighted by Gasteiger charge is -2.25. The number of hydrogen-bond acceptors (Lipinski definition) is 2. The molecule has 1 aromatic carbocycles. The number of benzene rings is 1. The van der Waals surface area contributed by atoms with E-state index in [1.54, 1.807) is 12.3 Å². The van der Waals surface area contributed by atoms with Gasteiger partial charge in [0.25, 0.3) is 0 Å². The number of aromatic nitrogens is 1. The lowest BCUT2D eigenvalue weighted by Crippen LogP contribution is -2.24. The van der Waals surface area contributed by atoms with Gasteiger partial charge in [-0.2, -0.15) is 0 Å². The van der Waals surface area contributed by atoms with Crippen molar-refractivity contribution in [2.24, 2.45) is 5.92 Å². The fraction of sp³-hybridized carbons (Fsp3) is 0.471. The highest BCUT2D eigenvalue weighted by Crippen LogP contribution is 2.27. The van der Waals surface area contributed by atoms with E-state index in [1.165, 1.54) is 6.07 Å². The van der Waals surface area contributed by atoms with E-state index in [0.29, 0.717) is 20.0 Å². The second-order valence-electron chi connectivity index (χ2n) is 6.25. The van der Waals surface area contributed by atoms with Gasteiger partial charge in [-0.1, -0.05) is 27.7 Å². The van der Waals surface area contributed by atoms with Crippen molar-refractivity contribution in [2.45, 2.75) is 39.7 Å². The molecule has 3 nitrogen and oxygen atoms in total. The average molecular weight is 417 g/mol. The first-order chi connectivity index (χ1) is 10.3. The summed E-state index contributed by atoms with van der Waals surface area (Å²) in [5.74, 6) is -0.116. The summed E-state index contributed by atoms with van der Waals surface area (Å²) in [5.41, 5.74) is 1.17. The standard InChI is InChI=1S/C17H21FINO2/c1-9(2)12-7-20(16(8-21)10(3)4)15-6-13(18)14(19)5-11(15)17(12)22/h5-7,9-10,16,21H,8H2,1-4H3. The number of aliphatic hydroxyl groups is 1. The minimum absolute atomic E-state index is 0.0548. The number of halogens is 2. The van der Waals surface area contributed by atoms with E-state index in [0.717, 1.165) is 0 Å². The summed E-state index contributed by atoms with van der Waals surface area (Å²) in [6.07, 6.45) is 1.78. The van der Waals surface area contributed by atoms with Crippen LogP contribution in [0.2, 0.25) is 0 Å². The summed E-state index contributed by atoms with van der Waals surface area (Å²) in [7, 11) is 0. The highest BCUT2D eigenvalue weighted by Gasteiger charge is 2.20. The molecule has 0 spiro atoms. The quantitative estimate of drug-likeness (QED) is 0.763. The molecule has 1 unspecified atom stereocenters. The number of rotatable bonds is 4. The third-order valence-electron chi connectivity index (χ3n) is 4.04. The molecule has 0 aliphatic carbocycles. The summed E-state index contributed by atoms with van der Waals surface area (Å²) in [6.45, 7) is 7.88. The van der Waals surface area contributed by atoms with E-state index in [9.17, 15) is 14.3 Å². The molecule has 0 aliphatic rings. The van der Waals surface area contributed by atoms with Crippen LogP contribution >= 0.6 is 22.6 Å². The van der Waals surface area contributed by atoms with Crippen molar-refractivity contribution in [1.82, 2.24) is 4.57 Å². The molecular weight excluding hydrogens is 396 g/mol. The van der Waals surface area contributed by atoms with Crippen molar-refractivity contribution in [3.8, 4) is 0 Å². The molecule has 0 amide bonds. The molecule has 22 heavy (non-hydrogen) atoms. The maximum Gasteiger partial charge on any atom is 0.192 e. The first-order valence-electron chi connectivity index (χ1n) is 7.42. The Morgan fingerprint density at radius 2 is 1.91 bits per heavy atom. The topological polar surface area (TPSA) is 42.2 Å². The highest BCUT2D eigenvalue weighted by molar-refractivity contribution is 14.1.